The van der Waals surface area contributed by atoms with Crippen molar-refractivity contribution >= 4 is 29.3 Å². The number of carboxylic acids is 1. The average Bonchev–Trinajstić information content (AvgIpc) is 3.11. The molecule has 1 amide bonds. The first-order valence-electron chi connectivity index (χ1n) is 8.00. The van der Waals surface area contributed by atoms with E-state index >= 15 is 0 Å². The fraction of sp³-hybridized carbons (Fsp3) is 0.105. The second kappa shape index (κ2) is 8.35. The highest BCUT2D eigenvalue weighted by atomic mass is 32.2. The zero-order valence-electron chi connectivity index (χ0n) is 13.8. The van der Waals surface area contributed by atoms with E-state index in [4.69, 9.17) is 5.11 Å². The van der Waals surface area contributed by atoms with Crippen LogP contribution < -0.4 is 5.32 Å². The second-order valence-corrected chi connectivity index (χ2v) is 6.56. The van der Waals surface area contributed by atoms with E-state index < -0.39 is 5.97 Å². The van der Waals surface area contributed by atoms with Crippen LogP contribution in [0.3, 0.4) is 0 Å². The molecule has 3 aromatic rings. The van der Waals surface area contributed by atoms with Gasteiger partial charge in [0.25, 0.3) is 5.91 Å². The van der Waals surface area contributed by atoms with Crippen molar-refractivity contribution in [2.75, 3.05) is 5.32 Å². The molecule has 0 radical (unpaired) electrons. The topological polar surface area (TPSA) is 84.2 Å². The van der Waals surface area contributed by atoms with Crippen molar-refractivity contribution in [1.29, 1.82) is 0 Å². The van der Waals surface area contributed by atoms with E-state index in [1.54, 1.807) is 17.8 Å². The van der Waals surface area contributed by atoms with Crippen LogP contribution in [0, 0.1) is 0 Å². The van der Waals surface area contributed by atoms with Crippen LogP contribution in [0.25, 0.3) is 0 Å². The van der Waals surface area contributed by atoms with Gasteiger partial charge in [-0.15, -0.1) is 0 Å². The zero-order chi connectivity index (χ0) is 18.4. The third-order valence-electron chi connectivity index (χ3n) is 3.59. The normalized spacial score (nSPS) is 10.5. The van der Waals surface area contributed by atoms with Crippen LogP contribution in [-0.4, -0.2) is 26.8 Å². The number of hydrogen-bond acceptors (Lipinski definition) is 4. The van der Waals surface area contributed by atoms with Crippen molar-refractivity contribution in [3.05, 3.63) is 72.6 Å². The average molecular weight is 367 g/mol. The summed E-state index contributed by atoms with van der Waals surface area (Å²) in [5.41, 5.74) is 1.02. The second-order valence-electron chi connectivity index (χ2n) is 5.45. The smallest absolute Gasteiger partial charge is 0.305 e. The maximum absolute atomic E-state index is 12.6. The van der Waals surface area contributed by atoms with Crippen molar-refractivity contribution < 1.29 is 14.7 Å². The van der Waals surface area contributed by atoms with Gasteiger partial charge in [0.05, 0.1) is 18.7 Å². The molecule has 1 aromatic heterocycles. The van der Waals surface area contributed by atoms with E-state index in [1.165, 1.54) is 10.9 Å². The number of carbonyl (C=O) groups is 2. The summed E-state index contributed by atoms with van der Waals surface area (Å²) in [6, 6.07) is 19.0. The highest BCUT2D eigenvalue weighted by Gasteiger charge is 2.15. The van der Waals surface area contributed by atoms with Gasteiger partial charge in [-0.3, -0.25) is 14.3 Å². The summed E-state index contributed by atoms with van der Waals surface area (Å²) >= 11 is 1.56. The van der Waals surface area contributed by atoms with Gasteiger partial charge in [0.2, 0.25) is 0 Å². The van der Waals surface area contributed by atoms with E-state index in [0.717, 1.165) is 9.79 Å². The van der Waals surface area contributed by atoms with Gasteiger partial charge >= 0.3 is 5.97 Å². The van der Waals surface area contributed by atoms with Gasteiger partial charge in [0, 0.05) is 16.0 Å². The van der Waals surface area contributed by atoms with Crippen LogP contribution in [0.5, 0.6) is 0 Å². The number of para-hydroxylation sites is 1. The van der Waals surface area contributed by atoms with Crippen molar-refractivity contribution in [2.24, 2.45) is 0 Å². The Balaban J connectivity index is 1.76. The molecule has 0 unspecified atom stereocenters. The third-order valence-corrected chi connectivity index (χ3v) is 4.68. The maximum Gasteiger partial charge on any atom is 0.305 e. The van der Waals surface area contributed by atoms with Gasteiger partial charge in [0.1, 0.15) is 5.69 Å². The molecule has 0 aliphatic heterocycles. The summed E-state index contributed by atoms with van der Waals surface area (Å²) in [4.78, 5) is 25.3. The highest BCUT2D eigenvalue weighted by molar-refractivity contribution is 7.99. The first kappa shape index (κ1) is 17.8. The molecule has 0 aliphatic carbocycles. The summed E-state index contributed by atoms with van der Waals surface area (Å²) in [6.07, 6.45) is 1.39. The summed E-state index contributed by atoms with van der Waals surface area (Å²) in [5, 5.41) is 15.7. The molecule has 0 bridgehead atoms. The van der Waals surface area contributed by atoms with Gasteiger partial charge in [-0.1, -0.05) is 42.1 Å². The van der Waals surface area contributed by atoms with E-state index in [-0.39, 0.29) is 18.9 Å². The number of hydrogen-bond donors (Lipinski definition) is 2. The SMILES string of the molecule is O=C(O)CCn1nccc1C(=O)Nc1ccccc1Sc1ccccc1. The Morgan fingerprint density at radius 1 is 1.04 bits per heavy atom. The fourth-order valence-electron chi connectivity index (χ4n) is 2.37. The fourth-order valence-corrected chi connectivity index (χ4v) is 3.29. The van der Waals surface area contributed by atoms with Crippen LogP contribution in [-0.2, 0) is 11.3 Å². The molecule has 0 aliphatic rings. The van der Waals surface area contributed by atoms with Crippen molar-refractivity contribution in [3.63, 3.8) is 0 Å². The van der Waals surface area contributed by atoms with Gasteiger partial charge in [-0.05, 0) is 30.3 Å². The zero-order valence-corrected chi connectivity index (χ0v) is 14.6. The Morgan fingerprint density at radius 3 is 2.54 bits per heavy atom. The van der Waals surface area contributed by atoms with Gasteiger partial charge < -0.3 is 10.4 Å². The largest absolute Gasteiger partial charge is 0.481 e. The minimum atomic E-state index is -0.934. The highest BCUT2D eigenvalue weighted by Crippen LogP contribution is 2.33. The number of carbonyl (C=O) groups excluding carboxylic acids is 1. The molecule has 2 aromatic carbocycles. The first-order chi connectivity index (χ1) is 12.6. The van der Waals surface area contributed by atoms with Crippen molar-refractivity contribution in [1.82, 2.24) is 9.78 Å². The molecule has 0 saturated heterocycles. The number of anilines is 1. The van der Waals surface area contributed by atoms with Crippen LogP contribution in [0.4, 0.5) is 5.69 Å². The van der Waals surface area contributed by atoms with E-state index in [1.807, 2.05) is 54.6 Å². The number of rotatable bonds is 7. The van der Waals surface area contributed by atoms with Crippen molar-refractivity contribution in [3.8, 4) is 0 Å². The summed E-state index contributed by atoms with van der Waals surface area (Å²) < 4.78 is 1.40. The predicted octanol–water partition coefficient (Wildman–Crippen LogP) is 3.76. The van der Waals surface area contributed by atoms with Crippen LogP contribution in [0.1, 0.15) is 16.9 Å². The third kappa shape index (κ3) is 4.52. The lowest BCUT2D eigenvalue weighted by molar-refractivity contribution is -0.137. The maximum atomic E-state index is 12.6. The van der Waals surface area contributed by atoms with Gasteiger partial charge in [-0.2, -0.15) is 5.10 Å². The van der Waals surface area contributed by atoms with Crippen LogP contribution >= 0.6 is 11.8 Å². The molecule has 26 heavy (non-hydrogen) atoms. The Morgan fingerprint density at radius 2 is 1.77 bits per heavy atom. The number of aryl methyl sites for hydroxylation is 1. The molecule has 2 N–H and O–H groups in total. The quantitative estimate of drug-likeness (QED) is 0.664. The van der Waals surface area contributed by atoms with Crippen LogP contribution in [0.15, 0.2) is 76.7 Å². The Bertz CT molecular complexity index is 909. The van der Waals surface area contributed by atoms with E-state index in [0.29, 0.717) is 11.4 Å². The minimum absolute atomic E-state index is 0.0948. The Labute approximate surface area is 154 Å². The number of nitrogens with zero attached hydrogens (tertiary/aromatic N) is 2. The number of carboxylic acid groups (broad SMARTS) is 1. The molecule has 1 heterocycles. The van der Waals surface area contributed by atoms with Crippen molar-refractivity contribution in [2.45, 2.75) is 22.8 Å². The van der Waals surface area contributed by atoms with Gasteiger partial charge in [0.15, 0.2) is 0 Å². The number of amides is 1. The molecule has 0 fully saturated rings. The first-order valence-corrected chi connectivity index (χ1v) is 8.82. The van der Waals surface area contributed by atoms with Gasteiger partial charge in [-0.25, -0.2) is 0 Å². The number of aromatic nitrogens is 2. The molecule has 6 nitrogen and oxygen atoms in total. The van der Waals surface area contributed by atoms with E-state index in [2.05, 4.69) is 10.4 Å². The lowest BCUT2D eigenvalue weighted by Gasteiger charge is -2.11. The minimum Gasteiger partial charge on any atom is -0.481 e. The number of aliphatic carboxylic acids is 1. The number of benzene rings is 2. The Kier molecular flexibility index (Phi) is 5.70. The van der Waals surface area contributed by atoms with E-state index in [9.17, 15) is 9.59 Å². The predicted molar refractivity (Wildman–Crippen MR) is 99.4 cm³/mol. The molecular formula is C19H17N3O3S. The molecule has 132 valence electrons. The standard InChI is InChI=1S/C19H17N3O3S/c23-18(24)11-13-22-16(10-12-20-22)19(25)21-15-8-4-5-9-17(15)26-14-6-2-1-3-7-14/h1-10,12H,11,13H2,(H,21,25)(H,23,24). The summed E-state index contributed by atoms with van der Waals surface area (Å²) in [6.45, 7) is 0.144. The Hall–Kier alpha value is -3.06. The lowest BCUT2D eigenvalue weighted by atomic mass is 10.3. The molecule has 7 heteroatoms. The molecule has 0 spiro atoms. The lowest BCUT2D eigenvalue weighted by Crippen LogP contribution is -2.19. The molecule has 0 saturated carbocycles. The monoisotopic (exact) mass is 367 g/mol. The molecule has 0 atom stereocenters. The summed E-state index contributed by atoms with van der Waals surface area (Å²) in [5.74, 6) is -1.26. The van der Waals surface area contributed by atoms with Crippen LogP contribution in [0.2, 0.25) is 0 Å². The molecular weight excluding hydrogens is 350 g/mol. The summed E-state index contributed by atoms with van der Waals surface area (Å²) in [7, 11) is 0. The molecule has 3 rings (SSSR count). The number of nitrogens with one attached hydrogen (secondary N) is 1.